The largest absolute Gasteiger partial charge is 0.294 e. The van der Waals surface area contributed by atoms with Crippen molar-refractivity contribution in [1.29, 1.82) is 0 Å². The van der Waals surface area contributed by atoms with Gasteiger partial charge in [-0.3, -0.25) is 14.2 Å². The number of carbonyl (C=O) groups excluding carboxylic acids is 1. The number of hydrogen-bond donors (Lipinski definition) is 0. The molecule has 0 aromatic carbocycles. The summed E-state index contributed by atoms with van der Waals surface area (Å²) >= 11 is 0. The molecule has 0 aliphatic carbocycles. The van der Waals surface area contributed by atoms with Crippen LogP contribution in [0.5, 0.6) is 0 Å². The molecule has 0 saturated heterocycles. The van der Waals surface area contributed by atoms with Crippen LogP contribution in [-0.4, -0.2) is 25.3 Å². The number of ketones is 1. The van der Waals surface area contributed by atoms with Crippen LogP contribution in [0.15, 0.2) is 24.8 Å². The van der Waals surface area contributed by atoms with Gasteiger partial charge in [-0.25, -0.2) is 0 Å². The van der Waals surface area contributed by atoms with E-state index < -0.39 is 0 Å². The minimum Gasteiger partial charge on any atom is -0.294 e. The lowest BCUT2D eigenvalue weighted by Gasteiger charge is -1.96. The molecular formula is C10H12N4O. The Balaban J connectivity index is 2.14. The summed E-state index contributed by atoms with van der Waals surface area (Å²) in [5.74, 6) is 0.0347. The van der Waals surface area contributed by atoms with Gasteiger partial charge in [-0.05, 0) is 6.92 Å². The van der Waals surface area contributed by atoms with Crippen molar-refractivity contribution in [3.63, 3.8) is 0 Å². The Morgan fingerprint density at radius 3 is 2.67 bits per heavy atom. The monoisotopic (exact) mass is 204 g/mol. The van der Waals surface area contributed by atoms with Gasteiger partial charge in [0.1, 0.15) is 0 Å². The van der Waals surface area contributed by atoms with E-state index in [9.17, 15) is 4.79 Å². The van der Waals surface area contributed by atoms with Crippen molar-refractivity contribution < 1.29 is 4.79 Å². The normalized spacial score (nSPS) is 10.5. The van der Waals surface area contributed by atoms with Crippen LogP contribution in [0, 0.1) is 0 Å². The molecule has 78 valence electrons. The summed E-state index contributed by atoms with van der Waals surface area (Å²) in [5.41, 5.74) is 1.70. The van der Waals surface area contributed by atoms with E-state index in [-0.39, 0.29) is 5.78 Å². The van der Waals surface area contributed by atoms with Crippen LogP contribution in [0.2, 0.25) is 0 Å². The van der Waals surface area contributed by atoms with E-state index in [1.807, 2.05) is 13.2 Å². The van der Waals surface area contributed by atoms with Crippen molar-refractivity contribution in [2.24, 2.45) is 7.05 Å². The lowest BCUT2D eigenvalue weighted by Crippen LogP contribution is -1.99. The Morgan fingerprint density at radius 1 is 1.33 bits per heavy atom. The zero-order chi connectivity index (χ0) is 10.8. The third-order valence-corrected chi connectivity index (χ3v) is 2.14. The summed E-state index contributed by atoms with van der Waals surface area (Å²) in [6.07, 6.45) is 7.04. The first-order valence-electron chi connectivity index (χ1n) is 4.66. The average molecular weight is 204 g/mol. The Bertz CT molecular complexity index is 483. The lowest BCUT2D eigenvalue weighted by molar-refractivity contribution is 0.101. The molecule has 0 spiro atoms. The molecule has 0 fully saturated rings. The Labute approximate surface area is 87.3 Å². The number of aryl methyl sites for hydroxylation is 1. The van der Waals surface area contributed by atoms with Gasteiger partial charge in [-0.15, -0.1) is 0 Å². The molecule has 2 aromatic heterocycles. The zero-order valence-corrected chi connectivity index (χ0v) is 8.71. The second-order valence-corrected chi connectivity index (χ2v) is 3.51. The van der Waals surface area contributed by atoms with Crippen LogP contribution < -0.4 is 0 Å². The molecule has 0 unspecified atom stereocenters. The van der Waals surface area contributed by atoms with Gasteiger partial charge >= 0.3 is 0 Å². The van der Waals surface area contributed by atoms with Crippen molar-refractivity contribution in [2.75, 3.05) is 0 Å². The fraction of sp³-hybridized carbons (Fsp3) is 0.300. The van der Waals surface area contributed by atoms with Crippen LogP contribution in [0.25, 0.3) is 0 Å². The van der Waals surface area contributed by atoms with E-state index in [2.05, 4.69) is 10.2 Å². The standard InChI is InChI=1S/C10H12N4O/c1-8(15)10-4-12-14(7-10)6-9-3-11-13(2)5-9/h3-5,7H,6H2,1-2H3. The maximum absolute atomic E-state index is 11.0. The second-order valence-electron chi connectivity index (χ2n) is 3.51. The van der Waals surface area contributed by atoms with E-state index in [0.29, 0.717) is 12.1 Å². The van der Waals surface area contributed by atoms with Gasteiger partial charge < -0.3 is 0 Å². The van der Waals surface area contributed by atoms with Crippen LogP contribution in [-0.2, 0) is 13.6 Å². The molecule has 0 atom stereocenters. The maximum Gasteiger partial charge on any atom is 0.162 e. The van der Waals surface area contributed by atoms with Crippen LogP contribution in [0.3, 0.4) is 0 Å². The first kappa shape index (κ1) is 9.64. The SMILES string of the molecule is CC(=O)c1cnn(Cc2cnn(C)c2)c1. The highest BCUT2D eigenvalue weighted by atomic mass is 16.1. The maximum atomic E-state index is 11.0. The molecule has 5 heteroatoms. The highest BCUT2D eigenvalue weighted by molar-refractivity contribution is 5.93. The molecule has 0 saturated carbocycles. The molecule has 0 amide bonds. The van der Waals surface area contributed by atoms with Crippen molar-refractivity contribution in [3.8, 4) is 0 Å². The highest BCUT2D eigenvalue weighted by Crippen LogP contribution is 2.03. The fourth-order valence-electron chi connectivity index (χ4n) is 1.37. The van der Waals surface area contributed by atoms with Crippen molar-refractivity contribution >= 4 is 5.78 Å². The Hall–Kier alpha value is -1.91. The summed E-state index contributed by atoms with van der Waals surface area (Å²) < 4.78 is 3.47. The number of carbonyl (C=O) groups is 1. The first-order chi connectivity index (χ1) is 7.15. The smallest absolute Gasteiger partial charge is 0.162 e. The molecule has 2 heterocycles. The molecule has 2 aromatic rings. The highest BCUT2D eigenvalue weighted by Gasteiger charge is 2.04. The van der Waals surface area contributed by atoms with Crippen LogP contribution in [0.4, 0.5) is 0 Å². The summed E-state index contributed by atoms with van der Waals surface area (Å²) in [7, 11) is 1.87. The Kier molecular flexibility index (Phi) is 2.37. The van der Waals surface area contributed by atoms with E-state index in [0.717, 1.165) is 5.56 Å². The second kappa shape index (κ2) is 3.68. The fourth-order valence-corrected chi connectivity index (χ4v) is 1.37. The Morgan fingerprint density at radius 2 is 2.13 bits per heavy atom. The first-order valence-corrected chi connectivity index (χ1v) is 4.66. The predicted octanol–water partition coefficient (Wildman–Crippen LogP) is 0.868. The number of rotatable bonds is 3. The van der Waals surface area contributed by atoms with E-state index in [1.165, 1.54) is 6.92 Å². The molecule has 0 radical (unpaired) electrons. The number of Topliss-reactive ketones (excluding diaryl/α,β-unsaturated/α-hetero) is 1. The third kappa shape index (κ3) is 2.12. The molecule has 0 bridgehead atoms. The topological polar surface area (TPSA) is 52.7 Å². The van der Waals surface area contributed by atoms with Crippen LogP contribution in [0.1, 0.15) is 22.8 Å². The van der Waals surface area contributed by atoms with Crippen LogP contribution >= 0.6 is 0 Å². The van der Waals surface area contributed by atoms with Gasteiger partial charge in [0, 0.05) is 25.0 Å². The lowest BCUT2D eigenvalue weighted by atomic mass is 10.3. The van der Waals surface area contributed by atoms with E-state index in [4.69, 9.17) is 0 Å². The minimum absolute atomic E-state index is 0.0347. The molecule has 0 aliphatic rings. The molecule has 5 nitrogen and oxygen atoms in total. The molecule has 0 aliphatic heterocycles. The molecular weight excluding hydrogens is 192 g/mol. The molecule has 0 N–H and O–H groups in total. The van der Waals surface area contributed by atoms with Crippen molar-refractivity contribution in [3.05, 3.63) is 35.9 Å². The molecule has 15 heavy (non-hydrogen) atoms. The van der Waals surface area contributed by atoms with Gasteiger partial charge in [0.2, 0.25) is 0 Å². The number of aromatic nitrogens is 4. The quantitative estimate of drug-likeness (QED) is 0.697. The van der Waals surface area contributed by atoms with Gasteiger partial charge in [0.05, 0.1) is 24.5 Å². The van der Waals surface area contributed by atoms with E-state index >= 15 is 0 Å². The zero-order valence-electron chi connectivity index (χ0n) is 8.71. The average Bonchev–Trinajstić information content (AvgIpc) is 2.76. The van der Waals surface area contributed by atoms with Gasteiger partial charge in [0.25, 0.3) is 0 Å². The predicted molar refractivity (Wildman–Crippen MR) is 54.5 cm³/mol. The summed E-state index contributed by atoms with van der Waals surface area (Å²) in [6, 6.07) is 0. The van der Waals surface area contributed by atoms with E-state index in [1.54, 1.807) is 28.0 Å². The molecule has 2 rings (SSSR count). The summed E-state index contributed by atoms with van der Waals surface area (Å²) in [5, 5.41) is 8.16. The van der Waals surface area contributed by atoms with Crippen molar-refractivity contribution in [2.45, 2.75) is 13.5 Å². The third-order valence-electron chi connectivity index (χ3n) is 2.14. The van der Waals surface area contributed by atoms with Crippen molar-refractivity contribution in [1.82, 2.24) is 19.6 Å². The number of hydrogen-bond acceptors (Lipinski definition) is 3. The summed E-state index contributed by atoms with van der Waals surface area (Å²) in [4.78, 5) is 11.0. The number of nitrogens with zero attached hydrogens (tertiary/aromatic N) is 4. The summed E-state index contributed by atoms with van der Waals surface area (Å²) in [6.45, 7) is 2.17. The van der Waals surface area contributed by atoms with Gasteiger partial charge in [-0.1, -0.05) is 0 Å². The van der Waals surface area contributed by atoms with Gasteiger partial charge in [-0.2, -0.15) is 10.2 Å². The minimum atomic E-state index is 0.0347. The van der Waals surface area contributed by atoms with Gasteiger partial charge in [0.15, 0.2) is 5.78 Å².